The monoisotopic (exact) mass is 433 g/mol. The van der Waals surface area contributed by atoms with Crippen molar-refractivity contribution in [1.82, 2.24) is 4.90 Å². The number of hydrogen-bond acceptors (Lipinski definition) is 6. The number of morpholine rings is 1. The van der Waals surface area contributed by atoms with Gasteiger partial charge in [-0.3, -0.25) is 9.80 Å². The molecule has 152 valence electrons. The summed E-state index contributed by atoms with van der Waals surface area (Å²) in [5, 5.41) is 5.63. The number of rotatable bonds is 3. The van der Waals surface area contributed by atoms with Gasteiger partial charge in [0.1, 0.15) is 4.90 Å². The van der Waals surface area contributed by atoms with E-state index in [1.54, 1.807) is 17.1 Å². The Kier molecular flexibility index (Phi) is 5.33. The van der Waals surface area contributed by atoms with Crippen molar-refractivity contribution in [1.29, 1.82) is 0 Å². The Balaban J connectivity index is 1.77. The van der Waals surface area contributed by atoms with E-state index >= 15 is 0 Å². The highest BCUT2D eigenvalue weighted by Gasteiger charge is 2.39. The molecule has 1 amide bonds. The summed E-state index contributed by atoms with van der Waals surface area (Å²) >= 11 is 6.07. The van der Waals surface area contributed by atoms with Gasteiger partial charge in [-0.1, -0.05) is 41.4 Å². The Morgan fingerprint density at radius 3 is 2.52 bits per heavy atom. The number of carbonyl (C=O) groups excluding carboxylic acids is 1. The molecule has 0 saturated carbocycles. The third-order valence-electron chi connectivity index (χ3n) is 4.89. The van der Waals surface area contributed by atoms with Crippen LogP contribution in [0.5, 0.6) is 0 Å². The van der Waals surface area contributed by atoms with Crippen molar-refractivity contribution in [2.24, 2.45) is 5.10 Å². The zero-order valence-corrected chi connectivity index (χ0v) is 17.4. The lowest BCUT2D eigenvalue weighted by molar-refractivity contribution is -0.127. The van der Waals surface area contributed by atoms with Crippen LogP contribution in [0.1, 0.15) is 11.1 Å². The molecule has 0 aromatic heterocycles. The van der Waals surface area contributed by atoms with Gasteiger partial charge in [0.15, 0.2) is 0 Å². The fourth-order valence-corrected chi connectivity index (χ4v) is 5.03. The van der Waals surface area contributed by atoms with E-state index in [0.29, 0.717) is 38.5 Å². The maximum Gasteiger partial charge on any atom is 0.286 e. The first kappa shape index (κ1) is 19.9. The minimum absolute atomic E-state index is 0.0104. The number of ether oxygens (including phenoxy) is 1. The molecule has 0 N–H and O–H groups in total. The van der Waals surface area contributed by atoms with Crippen LogP contribution in [-0.4, -0.2) is 50.6 Å². The van der Waals surface area contributed by atoms with E-state index in [9.17, 15) is 13.2 Å². The minimum atomic E-state index is -4.09. The maximum absolute atomic E-state index is 13.2. The molecule has 0 atom stereocenters. The molecule has 1 saturated heterocycles. The summed E-state index contributed by atoms with van der Waals surface area (Å²) in [4.78, 5) is 14.5. The second-order valence-corrected chi connectivity index (χ2v) is 9.24. The molecular formula is C20H20ClN3O4S. The molecule has 0 spiro atoms. The van der Waals surface area contributed by atoms with Gasteiger partial charge in [0.25, 0.3) is 5.91 Å². The van der Waals surface area contributed by atoms with Crippen LogP contribution < -0.4 is 5.01 Å². The van der Waals surface area contributed by atoms with E-state index in [-0.39, 0.29) is 9.92 Å². The lowest BCUT2D eigenvalue weighted by Gasteiger charge is -2.31. The zero-order valence-electron chi connectivity index (χ0n) is 15.8. The Morgan fingerprint density at radius 1 is 1.14 bits per heavy atom. The van der Waals surface area contributed by atoms with E-state index in [1.807, 2.05) is 31.2 Å². The van der Waals surface area contributed by atoms with E-state index < -0.39 is 20.8 Å². The van der Waals surface area contributed by atoms with Crippen LogP contribution in [0.4, 0.5) is 5.69 Å². The van der Waals surface area contributed by atoms with Crippen LogP contribution >= 0.6 is 11.6 Å². The van der Waals surface area contributed by atoms with E-state index in [0.717, 1.165) is 11.1 Å². The average molecular weight is 434 g/mol. The van der Waals surface area contributed by atoms with E-state index in [2.05, 4.69) is 5.10 Å². The number of hydrazone groups is 1. The first-order valence-electron chi connectivity index (χ1n) is 9.19. The summed E-state index contributed by atoms with van der Waals surface area (Å²) in [6.45, 7) is 3.71. The topological polar surface area (TPSA) is 79.3 Å². The largest absolute Gasteiger partial charge is 0.378 e. The lowest BCUT2D eigenvalue weighted by atomic mass is 10.1. The highest BCUT2D eigenvalue weighted by atomic mass is 35.5. The van der Waals surface area contributed by atoms with Crippen LogP contribution in [0.15, 0.2) is 52.5 Å². The predicted molar refractivity (Wildman–Crippen MR) is 111 cm³/mol. The molecule has 2 aliphatic heterocycles. The van der Waals surface area contributed by atoms with E-state index in [4.69, 9.17) is 16.3 Å². The van der Waals surface area contributed by atoms with Crippen LogP contribution in [0.3, 0.4) is 0 Å². The van der Waals surface area contributed by atoms with Gasteiger partial charge < -0.3 is 9.64 Å². The van der Waals surface area contributed by atoms with Crippen molar-refractivity contribution in [2.45, 2.75) is 18.4 Å². The number of aryl methyl sites for hydroxylation is 1. The maximum atomic E-state index is 13.2. The van der Waals surface area contributed by atoms with Gasteiger partial charge in [-0.25, -0.2) is 8.42 Å². The van der Waals surface area contributed by atoms with Gasteiger partial charge in [-0.05, 0) is 30.7 Å². The van der Waals surface area contributed by atoms with Crippen molar-refractivity contribution >= 4 is 38.1 Å². The zero-order chi connectivity index (χ0) is 20.6. The van der Waals surface area contributed by atoms with Crippen molar-refractivity contribution in [3.63, 3.8) is 0 Å². The summed E-state index contributed by atoms with van der Waals surface area (Å²) in [6, 6.07) is 12.4. The second-order valence-electron chi connectivity index (χ2n) is 6.97. The molecular weight excluding hydrogens is 414 g/mol. The van der Waals surface area contributed by atoms with Crippen molar-refractivity contribution in [3.05, 3.63) is 58.6 Å². The number of hydrogen-bond donors (Lipinski definition) is 0. The van der Waals surface area contributed by atoms with E-state index in [1.165, 1.54) is 11.0 Å². The Morgan fingerprint density at radius 2 is 1.83 bits per heavy atom. The molecule has 4 rings (SSSR count). The summed E-state index contributed by atoms with van der Waals surface area (Å²) in [5.74, 6) is -0.618. The molecule has 1 fully saturated rings. The second kappa shape index (κ2) is 7.78. The summed E-state index contributed by atoms with van der Waals surface area (Å²) in [6.07, 6.45) is 0. The third-order valence-corrected chi connectivity index (χ3v) is 6.80. The Labute approximate surface area is 174 Å². The SMILES string of the molecule is Cc1ccc(CN2N=C(C(=O)N3CCOCC3)S(=O)(=O)c3cc(Cl)ccc32)cc1. The number of nitrogens with zero attached hydrogens (tertiary/aromatic N) is 3. The molecule has 0 radical (unpaired) electrons. The number of amides is 1. The Bertz CT molecular complexity index is 1080. The smallest absolute Gasteiger partial charge is 0.286 e. The molecule has 2 heterocycles. The van der Waals surface area contributed by atoms with Crippen LogP contribution in [0.2, 0.25) is 5.02 Å². The minimum Gasteiger partial charge on any atom is -0.378 e. The van der Waals surface area contributed by atoms with Crippen LogP contribution in [0.25, 0.3) is 0 Å². The number of benzene rings is 2. The number of fused-ring (bicyclic) bond motifs is 1. The normalized spacial score (nSPS) is 18.2. The first-order valence-corrected chi connectivity index (χ1v) is 11.1. The molecule has 7 nitrogen and oxygen atoms in total. The summed E-state index contributed by atoms with van der Waals surface area (Å²) < 4.78 is 31.6. The highest BCUT2D eigenvalue weighted by molar-refractivity contribution is 8.08. The number of sulfone groups is 1. The number of halogens is 1. The number of carbonyl (C=O) groups is 1. The predicted octanol–water partition coefficient (Wildman–Crippen LogP) is 2.61. The van der Waals surface area contributed by atoms with Crippen molar-refractivity contribution < 1.29 is 17.9 Å². The van der Waals surface area contributed by atoms with Crippen LogP contribution in [0, 0.1) is 6.92 Å². The van der Waals surface area contributed by atoms with Crippen molar-refractivity contribution in [3.8, 4) is 0 Å². The van der Waals surface area contributed by atoms with Crippen LogP contribution in [-0.2, 0) is 25.9 Å². The van der Waals surface area contributed by atoms with Gasteiger partial charge in [0, 0.05) is 18.1 Å². The fourth-order valence-electron chi connectivity index (χ4n) is 3.28. The average Bonchev–Trinajstić information content (AvgIpc) is 2.72. The first-order chi connectivity index (χ1) is 13.9. The van der Waals surface area contributed by atoms with Gasteiger partial charge in [-0.15, -0.1) is 0 Å². The molecule has 0 bridgehead atoms. The molecule has 0 unspecified atom stereocenters. The molecule has 2 aromatic rings. The Hall–Kier alpha value is -2.42. The van der Waals surface area contributed by atoms with Gasteiger partial charge in [-0.2, -0.15) is 5.10 Å². The van der Waals surface area contributed by atoms with Gasteiger partial charge >= 0.3 is 0 Å². The molecule has 2 aliphatic rings. The van der Waals surface area contributed by atoms with Crippen molar-refractivity contribution in [2.75, 3.05) is 31.3 Å². The number of anilines is 1. The van der Waals surface area contributed by atoms with Gasteiger partial charge in [0.2, 0.25) is 14.9 Å². The molecule has 9 heteroatoms. The standard InChI is InChI=1S/C20H20ClN3O4S/c1-14-2-4-15(5-3-14)13-24-17-7-6-16(21)12-18(17)29(26,27)19(22-24)20(25)23-8-10-28-11-9-23/h2-7,12H,8-11,13H2,1H3. The lowest BCUT2D eigenvalue weighted by Crippen LogP contribution is -2.47. The molecule has 29 heavy (non-hydrogen) atoms. The quantitative estimate of drug-likeness (QED) is 0.743. The molecule has 2 aromatic carbocycles. The summed E-state index contributed by atoms with van der Waals surface area (Å²) in [5.41, 5.74) is 2.46. The third kappa shape index (κ3) is 3.88. The van der Waals surface area contributed by atoms with Gasteiger partial charge in [0.05, 0.1) is 25.4 Å². The fraction of sp³-hybridized carbons (Fsp3) is 0.300. The highest BCUT2D eigenvalue weighted by Crippen LogP contribution is 2.35. The summed E-state index contributed by atoms with van der Waals surface area (Å²) in [7, 11) is -4.09. The molecule has 0 aliphatic carbocycles.